The largest absolute Gasteiger partial charge is 0.497 e. The number of hydrogen-bond acceptors (Lipinski definition) is 3. The van der Waals surface area contributed by atoms with E-state index in [2.05, 4.69) is 11.1 Å². The zero-order chi connectivity index (χ0) is 12.4. The van der Waals surface area contributed by atoms with E-state index in [1.54, 1.807) is 13.3 Å². The molecule has 0 amide bonds. The molecule has 0 spiro atoms. The van der Waals surface area contributed by atoms with E-state index in [1.165, 1.54) is 0 Å². The molecular weight excluding hydrogens is 212 g/mol. The van der Waals surface area contributed by atoms with Crippen molar-refractivity contribution in [3.63, 3.8) is 0 Å². The molecule has 0 radical (unpaired) electrons. The van der Waals surface area contributed by atoms with E-state index in [0.717, 1.165) is 28.0 Å². The van der Waals surface area contributed by atoms with Crippen molar-refractivity contribution in [2.24, 2.45) is 0 Å². The van der Waals surface area contributed by atoms with Crippen molar-refractivity contribution in [1.82, 2.24) is 4.98 Å². The maximum absolute atomic E-state index is 5.92. The highest BCUT2D eigenvalue weighted by atomic mass is 16.5. The van der Waals surface area contributed by atoms with Crippen molar-refractivity contribution in [3.05, 3.63) is 41.6 Å². The number of nitrogens with two attached hydrogens (primary N) is 1. The van der Waals surface area contributed by atoms with Gasteiger partial charge in [0.15, 0.2) is 0 Å². The normalized spacial score (nSPS) is 10.3. The van der Waals surface area contributed by atoms with Gasteiger partial charge in [-0.2, -0.15) is 0 Å². The number of rotatable bonds is 2. The molecule has 1 heterocycles. The minimum absolute atomic E-state index is 0.559. The molecule has 88 valence electrons. The van der Waals surface area contributed by atoms with Gasteiger partial charge >= 0.3 is 0 Å². The number of benzene rings is 1. The van der Waals surface area contributed by atoms with Gasteiger partial charge in [-0.1, -0.05) is 6.07 Å². The number of nitrogen functional groups attached to an aromatic ring is 1. The van der Waals surface area contributed by atoms with E-state index >= 15 is 0 Å². The van der Waals surface area contributed by atoms with Crippen molar-refractivity contribution in [2.75, 3.05) is 12.8 Å². The van der Waals surface area contributed by atoms with Gasteiger partial charge in [0.1, 0.15) is 11.6 Å². The van der Waals surface area contributed by atoms with Crippen LogP contribution in [0.1, 0.15) is 11.1 Å². The first-order valence-corrected chi connectivity index (χ1v) is 5.49. The van der Waals surface area contributed by atoms with Crippen LogP contribution in [-0.2, 0) is 0 Å². The van der Waals surface area contributed by atoms with Crippen LogP contribution >= 0.6 is 0 Å². The third-order valence-electron chi connectivity index (χ3n) is 2.78. The van der Waals surface area contributed by atoms with Crippen LogP contribution in [0, 0.1) is 13.8 Å². The Bertz CT molecular complexity index is 550. The summed E-state index contributed by atoms with van der Waals surface area (Å²) in [7, 11) is 1.66. The van der Waals surface area contributed by atoms with Crippen LogP contribution < -0.4 is 10.5 Å². The van der Waals surface area contributed by atoms with Crippen LogP contribution in [0.3, 0.4) is 0 Å². The minimum atomic E-state index is 0.559. The molecule has 1 aromatic carbocycles. The molecule has 0 aliphatic rings. The Balaban J connectivity index is 2.56. The Morgan fingerprint density at radius 3 is 2.53 bits per heavy atom. The molecular formula is C14H16N2O. The fraction of sp³-hybridized carbons (Fsp3) is 0.214. The Kier molecular flexibility index (Phi) is 3.00. The summed E-state index contributed by atoms with van der Waals surface area (Å²) in [5.41, 5.74) is 10.2. The van der Waals surface area contributed by atoms with E-state index in [4.69, 9.17) is 10.5 Å². The number of anilines is 1. The molecule has 0 fully saturated rings. The topological polar surface area (TPSA) is 48.1 Å². The van der Waals surface area contributed by atoms with E-state index in [9.17, 15) is 0 Å². The lowest BCUT2D eigenvalue weighted by molar-refractivity contribution is 0.414. The first kappa shape index (κ1) is 11.5. The predicted molar refractivity (Wildman–Crippen MR) is 70.1 cm³/mol. The molecule has 0 aliphatic carbocycles. The predicted octanol–water partition coefficient (Wildman–Crippen LogP) is 2.96. The number of nitrogens with zero attached hydrogens (tertiary/aromatic N) is 1. The van der Waals surface area contributed by atoms with Crippen molar-refractivity contribution in [3.8, 4) is 16.9 Å². The molecule has 0 saturated carbocycles. The molecule has 3 nitrogen and oxygen atoms in total. The fourth-order valence-corrected chi connectivity index (χ4v) is 1.86. The standard InChI is InChI=1S/C14H16N2O/c1-9-6-13(14(15)16-8-9)12-5-4-11(17-3)7-10(12)2/h4-8H,1-3H3,(H2,15,16). The summed E-state index contributed by atoms with van der Waals surface area (Å²) < 4.78 is 5.19. The summed E-state index contributed by atoms with van der Waals surface area (Å²) in [6.07, 6.45) is 1.78. The summed E-state index contributed by atoms with van der Waals surface area (Å²) in [6.45, 7) is 4.05. The van der Waals surface area contributed by atoms with E-state index in [-0.39, 0.29) is 0 Å². The average molecular weight is 228 g/mol. The van der Waals surface area contributed by atoms with Gasteiger partial charge < -0.3 is 10.5 Å². The van der Waals surface area contributed by atoms with Crippen LogP contribution in [0.5, 0.6) is 5.75 Å². The Labute approximate surface area is 101 Å². The molecule has 17 heavy (non-hydrogen) atoms. The molecule has 0 bridgehead atoms. The lowest BCUT2D eigenvalue weighted by Gasteiger charge is -2.10. The van der Waals surface area contributed by atoms with Gasteiger partial charge in [0.25, 0.3) is 0 Å². The lowest BCUT2D eigenvalue weighted by atomic mass is 10.00. The quantitative estimate of drug-likeness (QED) is 0.859. The zero-order valence-electron chi connectivity index (χ0n) is 10.3. The summed E-state index contributed by atoms with van der Waals surface area (Å²) in [6, 6.07) is 8.00. The molecule has 1 aromatic heterocycles. The fourth-order valence-electron chi connectivity index (χ4n) is 1.86. The van der Waals surface area contributed by atoms with Gasteiger partial charge in [0.2, 0.25) is 0 Å². The maximum atomic E-state index is 5.92. The third-order valence-corrected chi connectivity index (χ3v) is 2.78. The van der Waals surface area contributed by atoms with E-state index < -0.39 is 0 Å². The van der Waals surface area contributed by atoms with Crippen LogP contribution in [-0.4, -0.2) is 12.1 Å². The number of hydrogen-bond donors (Lipinski definition) is 1. The molecule has 3 heteroatoms. The molecule has 2 N–H and O–H groups in total. The van der Waals surface area contributed by atoms with Gasteiger partial charge in [-0.3, -0.25) is 0 Å². The van der Waals surface area contributed by atoms with E-state index in [0.29, 0.717) is 5.82 Å². The monoisotopic (exact) mass is 228 g/mol. The Morgan fingerprint density at radius 2 is 1.88 bits per heavy atom. The summed E-state index contributed by atoms with van der Waals surface area (Å²) >= 11 is 0. The first-order valence-electron chi connectivity index (χ1n) is 5.49. The van der Waals surface area contributed by atoms with Gasteiger partial charge in [0.05, 0.1) is 7.11 Å². The number of aromatic nitrogens is 1. The minimum Gasteiger partial charge on any atom is -0.497 e. The Morgan fingerprint density at radius 1 is 1.12 bits per heavy atom. The van der Waals surface area contributed by atoms with Gasteiger partial charge in [-0.25, -0.2) is 4.98 Å². The first-order chi connectivity index (χ1) is 8.11. The van der Waals surface area contributed by atoms with Gasteiger partial charge in [-0.15, -0.1) is 0 Å². The molecule has 0 aliphatic heterocycles. The van der Waals surface area contributed by atoms with Crippen LogP contribution in [0.25, 0.3) is 11.1 Å². The molecule has 2 rings (SSSR count). The Hall–Kier alpha value is -2.03. The maximum Gasteiger partial charge on any atom is 0.131 e. The third kappa shape index (κ3) is 2.23. The second-order valence-corrected chi connectivity index (χ2v) is 4.13. The number of aryl methyl sites for hydroxylation is 2. The summed E-state index contributed by atoms with van der Waals surface area (Å²) in [5, 5.41) is 0. The number of pyridine rings is 1. The van der Waals surface area contributed by atoms with Crippen molar-refractivity contribution in [2.45, 2.75) is 13.8 Å². The highest BCUT2D eigenvalue weighted by molar-refractivity contribution is 5.77. The molecule has 0 saturated heterocycles. The van der Waals surface area contributed by atoms with Crippen LogP contribution in [0.4, 0.5) is 5.82 Å². The number of methoxy groups -OCH3 is 1. The average Bonchev–Trinajstić information content (AvgIpc) is 2.32. The molecule has 0 unspecified atom stereocenters. The molecule has 2 aromatic rings. The van der Waals surface area contributed by atoms with Crippen molar-refractivity contribution in [1.29, 1.82) is 0 Å². The second kappa shape index (κ2) is 4.45. The van der Waals surface area contributed by atoms with Crippen molar-refractivity contribution >= 4 is 5.82 Å². The summed E-state index contributed by atoms with van der Waals surface area (Å²) in [4.78, 5) is 4.19. The highest BCUT2D eigenvalue weighted by Gasteiger charge is 2.08. The highest BCUT2D eigenvalue weighted by Crippen LogP contribution is 2.30. The summed E-state index contributed by atoms with van der Waals surface area (Å²) in [5.74, 6) is 1.41. The molecule has 0 atom stereocenters. The smallest absolute Gasteiger partial charge is 0.131 e. The lowest BCUT2D eigenvalue weighted by Crippen LogP contribution is -1.96. The van der Waals surface area contributed by atoms with Crippen LogP contribution in [0.2, 0.25) is 0 Å². The number of ether oxygens (including phenoxy) is 1. The zero-order valence-corrected chi connectivity index (χ0v) is 10.3. The van der Waals surface area contributed by atoms with E-state index in [1.807, 2.05) is 32.0 Å². The second-order valence-electron chi connectivity index (χ2n) is 4.13. The van der Waals surface area contributed by atoms with Crippen LogP contribution in [0.15, 0.2) is 30.5 Å². The SMILES string of the molecule is COc1ccc(-c2cc(C)cnc2N)c(C)c1. The van der Waals surface area contributed by atoms with Gasteiger partial charge in [0, 0.05) is 11.8 Å². The van der Waals surface area contributed by atoms with Crippen molar-refractivity contribution < 1.29 is 4.74 Å². The van der Waals surface area contributed by atoms with Gasteiger partial charge in [-0.05, 0) is 48.7 Å².